The molecule has 0 bridgehead atoms. The topological polar surface area (TPSA) is 68.7 Å². The van der Waals surface area contributed by atoms with Crippen molar-refractivity contribution in [1.29, 1.82) is 0 Å². The summed E-state index contributed by atoms with van der Waals surface area (Å²) in [6, 6.07) is 12.1. The molecule has 0 radical (unpaired) electrons. The number of benzene rings is 1. The number of aromatic nitrogens is 2. The van der Waals surface area contributed by atoms with Gasteiger partial charge in [0.05, 0.1) is 0 Å². The molecule has 1 aliphatic rings. The fraction of sp³-hybridized carbons (Fsp3) is 0.421. The van der Waals surface area contributed by atoms with Crippen LogP contribution in [-0.2, 0) is 0 Å². The summed E-state index contributed by atoms with van der Waals surface area (Å²) in [5, 5.41) is 6.89. The molecule has 7 nitrogen and oxygen atoms in total. The minimum atomic E-state index is 0. The highest BCUT2D eigenvalue weighted by Gasteiger charge is 2.20. The average Bonchev–Trinajstić information content (AvgIpc) is 2.72. The van der Waals surface area contributed by atoms with Crippen molar-refractivity contribution in [3.05, 3.63) is 48.8 Å². The van der Waals surface area contributed by atoms with Gasteiger partial charge in [0.1, 0.15) is 0 Å². The minimum absolute atomic E-state index is 0. The summed E-state index contributed by atoms with van der Waals surface area (Å²) in [6.07, 6.45) is 4.61. The van der Waals surface area contributed by atoms with Crippen molar-refractivity contribution in [3.63, 3.8) is 0 Å². The Balaban J connectivity index is 0.00000261. The number of nitrogens with one attached hydrogen (secondary N) is 2. The molecule has 0 atom stereocenters. The first kappa shape index (κ1) is 21.2. The Labute approximate surface area is 178 Å². The fourth-order valence-corrected chi connectivity index (χ4v) is 2.98. The lowest BCUT2D eigenvalue weighted by Gasteiger charge is -2.36. The van der Waals surface area contributed by atoms with Gasteiger partial charge in [0.15, 0.2) is 5.96 Å². The molecule has 0 unspecified atom stereocenters. The third-order valence-electron chi connectivity index (χ3n) is 4.37. The predicted molar refractivity (Wildman–Crippen MR) is 122 cm³/mol. The smallest absolute Gasteiger partial charge is 0.225 e. The largest absolute Gasteiger partial charge is 0.385 e. The highest BCUT2D eigenvalue weighted by atomic mass is 127. The van der Waals surface area contributed by atoms with Gasteiger partial charge in [0, 0.05) is 64.4 Å². The lowest BCUT2D eigenvalue weighted by atomic mass is 10.3. The Bertz CT molecular complexity index is 673. The number of anilines is 2. The molecule has 1 fully saturated rings. The van der Waals surface area contributed by atoms with Crippen molar-refractivity contribution in [2.24, 2.45) is 4.99 Å². The van der Waals surface area contributed by atoms with Crippen LogP contribution >= 0.6 is 24.0 Å². The number of para-hydroxylation sites is 1. The molecule has 1 saturated heterocycles. The predicted octanol–water partition coefficient (Wildman–Crippen LogP) is 2.29. The van der Waals surface area contributed by atoms with Gasteiger partial charge in [-0.25, -0.2) is 9.97 Å². The maximum atomic E-state index is 4.43. The Kier molecular flexibility index (Phi) is 9.09. The molecular weight excluding hydrogens is 453 g/mol. The second-order valence-electron chi connectivity index (χ2n) is 6.14. The van der Waals surface area contributed by atoms with Crippen molar-refractivity contribution in [3.8, 4) is 0 Å². The summed E-state index contributed by atoms with van der Waals surface area (Å²) < 4.78 is 0. The molecular formula is C19H28IN7. The quantitative estimate of drug-likeness (QED) is 0.286. The van der Waals surface area contributed by atoms with Crippen molar-refractivity contribution in [1.82, 2.24) is 20.2 Å². The highest BCUT2D eigenvalue weighted by Crippen LogP contribution is 2.09. The van der Waals surface area contributed by atoms with E-state index in [4.69, 9.17) is 0 Å². The Morgan fingerprint density at radius 1 is 1.00 bits per heavy atom. The van der Waals surface area contributed by atoms with E-state index in [9.17, 15) is 0 Å². The number of aliphatic imine (C=N–C) groups is 1. The zero-order valence-electron chi connectivity index (χ0n) is 15.7. The van der Waals surface area contributed by atoms with Crippen molar-refractivity contribution < 1.29 is 0 Å². The van der Waals surface area contributed by atoms with Gasteiger partial charge in [-0.15, -0.1) is 24.0 Å². The third kappa shape index (κ3) is 6.53. The molecule has 2 aromatic rings. The minimum Gasteiger partial charge on any atom is -0.385 e. The number of rotatable bonds is 6. The molecule has 3 rings (SSSR count). The van der Waals surface area contributed by atoms with E-state index in [1.54, 1.807) is 12.4 Å². The number of halogens is 1. The molecule has 1 aliphatic heterocycles. The summed E-state index contributed by atoms with van der Waals surface area (Å²) in [7, 11) is 1.84. The zero-order chi connectivity index (χ0) is 18.0. The average molecular weight is 481 g/mol. The van der Waals surface area contributed by atoms with E-state index >= 15 is 0 Å². The van der Waals surface area contributed by atoms with Crippen LogP contribution in [0.5, 0.6) is 0 Å². The van der Waals surface area contributed by atoms with E-state index in [1.165, 1.54) is 0 Å². The number of piperazine rings is 1. The first-order valence-electron chi connectivity index (χ1n) is 9.13. The fourth-order valence-electron chi connectivity index (χ4n) is 2.98. The summed E-state index contributed by atoms with van der Waals surface area (Å²) in [4.78, 5) is 17.6. The van der Waals surface area contributed by atoms with Crippen LogP contribution < -0.4 is 15.5 Å². The molecule has 27 heavy (non-hydrogen) atoms. The van der Waals surface area contributed by atoms with Gasteiger partial charge < -0.3 is 20.4 Å². The molecule has 0 saturated carbocycles. The van der Waals surface area contributed by atoms with E-state index in [-0.39, 0.29) is 24.0 Å². The zero-order valence-corrected chi connectivity index (χ0v) is 18.0. The maximum absolute atomic E-state index is 4.43. The van der Waals surface area contributed by atoms with Gasteiger partial charge in [0.2, 0.25) is 5.95 Å². The monoisotopic (exact) mass is 481 g/mol. The summed E-state index contributed by atoms with van der Waals surface area (Å²) >= 11 is 0. The lowest BCUT2D eigenvalue weighted by Crippen LogP contribution is -2.53. The van der Waals surface area contributed by atoms with E-state index < -0.39 is 0 Å². The van der Waals surface area contributed by atoms with Gasteiger partial charge in [-0.2, -0.15) is 0 Å². The first-order chi connectivity index (χ1) is 12.9. The molecule has 0 amide bonds. The van der Waals surface area contributed by atoms with Gasteiger partial charge in [-0.3, -0.25) is 4.99 Å². The van der Waals surface area contributed by atoms with Crippen molar-refractivity contribution >= 4 is 41.6 Å². The van der Waals surface area contributed by atoms with Gasteiger partial charge in [0.25, 0.3) is 0 Å². The van der Waals surface area contributed by atoms with Crippen LogP contribution in [0.2, 0.25) is 0 Å². The van der Waals surface area contributed by atoms with Crippen LogP contribution in [0.15, 0.2) is 53.8 Å². The molecule has 1 aromatic heterocycles. The normalized spacial score (nSPS) is 14.5. The Morgan fingerprint density at radius 2 is 1.70 bits per heavy atom. The van der Waals surface area contributed by atoms with Gasteiger partial charge in [-0.05, 0) is 24.6 Å². The van der Waals surface area contributed by atoms with Crippen molar-refractivity contribution in [2.75, 3.05) is 56.5 Å². The Hall–Kier alpha value is -2.10. The van der Waals surface area contributed by atoms with Crippen LogP contribution in [0.3, 0.4) is 0 Å². The van der Waals surface area contributed by atoms with Crippen LogP contribution in [0.25, 0.3) is 0 Å². The molecule has 2 N–H and O–H groups in total. The van der Waals surface area contributed by atoms with Crippen molar-refractivity contribution in [2.45, 2.75) is 6.42 Å². The van der Waals surface area contributed by atoms with Crippen LogP contribution in [0.4, 0.5) is 11.6 Å². The highest BCUT2D eigenvalue weighted by molar-refractivity contribution is 14.0. The van der Waals surface area contributed by atoms with Gasteiger partial charge in [-0.1, -0.05) is 18.2 Å². The number of nitrogens with zero attached hydrogens (tertiary/aromatic N) is 5. The Morgan fingerprint density at radius 3 is 2.37 bits per heavy atom. The number of hydrogen-bond acceptors (Lipinski definition) is 5. The van der Waals surface area contributed by atoms with Crippen LogP contribution in [0, 0.1) is 0 Å². The van der Waals surface area contributed by atoms with E-state index in [1.807, 2.05) is 31.3 Å². The van der Waals surface area contributed by atoms with Crippen LogP contribution in [0.1, 0.15) is 6.42 Å². The van der Waals surface area contributed by atoms with E-state index in [0.717, 1.165) is 63.3 Å². The number of guanidine groups is 1. The number of hydrogen-bond donors (Lipinski definition) is 2. The second-order valence-corrected chi connectivity index (χ2v) is 6.14. The molecule has 1 aromatic carbocycles. The molecule has 0 spiro atoms. The van der Waals surface area contributed by atoms with Crippen LogP contribution in [-0.4, -0.2) is 67.1 Å². The summed E-state index contributed by atoms with van der Waals surface area (Å²) in [5.41, 5.74) is 1.16. The third-order valence-corrected chi connectivity index (χ3v) is 4.37. The molecule has 146 valence electrons. The summed E-state index contributed by atoms with van der Waals surface area (Å²) in [6.45, 7) is 5.47. The summed E-state index contributed by atoms with van der Waals surface area (Å²) in [5.74, 6) is 1.78. The SMILES string of the molecule is CN=C(NCCCNc1ccccc1)N1CCN(c2ncccn2)CC1.I. The molecule has 2 heterocycles. The first-order valence-corrected chi connectivity index (χ1v) is 9.13. The molecule has 0 aliphatic carbocycles. The van der Waals surface area contributed by atoms with Gasteiger partial charge >= 0.3 is 0 Å². The standard InChI is InChI=1S/C19H27N7.HI/c1-20-18(22-10-5-9-21-17-7-3-2-4-8-17)25-13-15-26(16-14-25)19-23-11-6-12-24-19;/h2-4,6-8,11-12,21H,5,9-10,13-16H2,1H3,(H,20,22);1H. The van der Waals surface area contributed by atoms with E-state index in [2.05, 4.69) is 47.5 Å². The lowest BCUT2D eigenvalue weighted by molar-refractivity contribution is 0.370. The van der Waals surface area contributed by atoms with E-state index in [0.29, 0.717) is 0 Å². The molecule has 8 heteroatoms. The maximum Gasteiger partial charge on any atom is 0.225 e. The second kappa shape index (κ2) is 11.6.